The second-order valence-electron chi connectivity index (χ2n) is 3.16. The number of nitrogens with one attached hydrogen (secondary N) is 1. The van der Waals surface area contributed by atoms with E-state index in [4.69, 9.17) is 0 Å². The molecule has 1 nitrogen and oxygen atoms in total. The summed E-state index contributed by atoms with van der Waals surface area (Å²) in [7, 11) is 4.94. The third kappa shape index (κ3) is 10.2. The molecule has 0 saturated carbocycles. The minimum atomic E-state index is 1.25. The largest absolute Gasteiger partial charge is 0.317 e. The Morgan fingerprint density at radius 3 is 2.00 bits per heavy atom. The van der Waals surface area contributed by atoms with Gasteiger partial charge in [0.2, 0.25) is 0 Å². The lowest BCUT2D eigenvalue weighted by Crippen LogP contribution is -2.21. The summed E-state index contributed by atoms with van der Waals surface area (Å²) < 4.78 is 0. The van der Waals surface area contributed by atoms with E-state index in [0.717, 1.165) is 0 Å². The zero-order chi connectivity index (χ0) is 8.36. The first-order chi connectivity index (χ1) is 5.41. The van der Waals surface area contributed by atoms with Crippen LogP contribution in [0.3, 0.4) is 0 Å². The minimum Gasteiger partial charge on any atom is -0.317 e. The van der Waals surface area contributed by atoms with Crippen LogP contribution in [0.25, 0.3) is 0 Å². The summed E-state index contributed by atoms with van der Waals surface area (Å²) in [5, 5.41) is 3.28. The molecule has 4 heteroatoms. The van der Waals surface area contributed by atoms with Gasteiger partial charge in [0, 0.05) is 0 Å². The smallest absolute Gasteiger partial charge is 0.0776 e. The van der Waals surface area contributed by atoms with Gasteiger partial charge < -0.3 is 5.32 Å². The first-order valence-electron chi connectivity index (χ1n) is 5.12. The summed E-state index contributed by atoms with van der Waals surface area (Å²) in [6, 6.07) is 0. The third-order valence-corrected chi connectivity index (χ3v) is 1.91. The van der Waals surface area contributed by atoms with Crippen molar-refractivity contribution in [3.8, 4) is 0 Å². The number of rotatable bonds is 2. The fourth-order valence-corrected chi connectivity index (χ4v) is 1.16. The van der Waals surface area contributed by atoms with Gasteiger partial charge in [0.15, 0.2) is 0 Å². The Morgan fingerprint density at radius 2 is 1.91 bits per heavy atom. The Labute approximate surface area is 73.6 Å². The molecule has 62 valence electrons. The number of hydrogen-bond donors (Lipinski definition) is 1. The summed E-state index contributed by atoms with van der Waals surface area (Å²) in [6.07, 6.45) is 5.56. The predicted molar refractivity (Wildman–Crippen MR) is 60.0 cm³/mol. The second-order valence-corrected chi connectivity index (χ2v) is 3.16. The van der Waals surface area contributed by atoms with E-state index in [-0.39, 0.29) is 0 Å². The molecular formula is C7H20B3N. The van der Waals surface area contributed by atoms with Crippen LogP contribution in [-0.4, -0.2) is 35.1 Å². The van der Waals surface area contributed by atoms with Gasteiger partial charge in [-0.15, -0.1) is 0 Å². The van der Waals surface area contributed by atoms with Crippen LogP contribution in [0.4, 0.5) is 0 Å². The molecule has 1 aliphatic heterocycles. The molecule has 0 bridgehead atoms. The van der Waals surface area contributed by atoms with Gasteiger partial charge in [-0.2, -0.15) is 0 Å². The fourth-order valence-electron chi connectivity index (χ4n) is 1.16. The highest BCUT2D eigenvalue weighted by Gasteiger charge is 1.93. The standard InChI is InChI=1S/C5H11N.C2H9B3/c1-2-4-6-5-3-1;1-2-4-5-3/h6H,1-5H2;4-5H,2-3H2,1H3. The third-order valence-electron chi connectivity index (χ3n) is 1.91. The molecule has 0 aromatic carbocycles. The molecule has 0 radical (unpaired) electrons. The van der Waals surface area contributed by atoms with Crippen molar-refractivity contribution in [3.63, 3.8) is 0 Å². The first-order valence-corrected chi connectivity index (χ1v) is 5.12. The van der Waals surface area contributed by atoms with Gasteiger partial charge in [-0.25, -0.2) is 0 Å². The van der Waals surface area contributed by atoms with Gasteiger partial charge >= 0.3 is 0 Å². The molecule has 0 atom stereocenters. The molecule has 1 saturated heterocycles. The van der Waals surface area contributed by atoms with Crippen LogP contribution < -0.4 is 5.32 Å². The summed E-state index contributed by atoms with van der Waals surface area (Å²) >= 11 is 0. The summed E-state index contributed by atoms with van der Waals surface area (Å²) in [5.41, 5.74) is 0. The Hall–Kier alpha value is 0.155. The van der Waals surface area contributed by atoms with Crippen molar-refractivity contribution in [3.05, 3.63) is 0 Å². The molecule has 0 aromatic heterocycles. The van der Waals surface area contributed by atoms with Crippen molar-refractivity contribution in [2.24, 2.45) is 0 Å². The molecule has 1 aliphatic rings. The molecule has 0 amide bonds. The molecule has 0 aromatic rings. The van der Waals surface area contributed by atoms with Gasteiger partial charge in [-0.05, 0) is 25.9 Å². The van der Waals surface area contributed by atoms with Crippen molar-refractivity contribution in [1.82, 2.24) is 5.32 Å². The SMILES string of the molecule is BBBCC.C1CCNCC1. The zero-order valence-corrected chi connectivity index (χ0v) is 8.16. The summed E-state index contributed by atoms with van der Waals surface area (Å²) in [5.74, 6) is 0. The van der Waals surface area contributed by atoms with Crippen LogP contribution in [0.1, 0.15) is 26.2 Å². The Kier molecular flexibility index (Phi) is 10.3. The van der Waals surface area contributed by atoms with E-state index in [1.54, 1.807) is 0 Å². The van der Waals surface area contributed by atoms with E-state index in [9.17, 15) is 0 Å². The van der Waals surface area contributed by atoms with E-state index in [1.807, 2.05) is 0 Å². The quantitative estimate of drug-likeness (QED) is 0.525. The van der Waals surface area contributed by atoms with Crippen molar-refractivity contribution >= 4 is 22.0 Å². The lowest BCUT2D eigenvalue weighted by molar-refractivity contribution is 0.520. The Balaban J connectivity index is 0.000000187. The fraction of sp³-hybridized carbons (Fsp3) is 1.00. The highest BCUT2D eigenvalue weighted by molar-refractivity contribution is 7.23. The van der Waals surface area contributed by atoms with Gasteiger partial charge in [0.25, 0.3) is 0 Å². The molecule has 0 spiro atoms. The highest BCUT2D eigenvalue weighted by atomic mass is 14.9. The van der Waals surface area contributed by atoms with Crippen LogP contribution >= 0.6 is 0 Å². The average molecular weight is 151 g/mol. The number of hydrogen-bond acceptors (Lipinski definition) is 1. The van der Waals surface area contributed by atoms with Crippen molar-refractivity contribution in [1.29, 1.82) is 0 Å². The van der Waals surface area contributed by atoms with Crippen molar-refractivity contribution in [2.45, 2.75) is 32.5 Å². The van der Waals surface area contributed by atoms with Gasteiger partial charge in [-0.1, -0.05) is 19.7 Å². The molecule has 1 N–H and O–H groups in total. The number of piperidine rings is 1. The first kappa shape index (κ1) is 11.2. The van der Waals surface area contributed by atoms with Gasteiger partial charge in [0.1, 0.15) is 0 Å². The minimum absolute atomic E-state index is 1.25. The van der Waals surface area contributed by atoms with Crippen LogP contribution in [-0.2, 0) is 0 Å². The summed E-state index contributed by atoms with van der Waals surface area (Å²) in [4.78, 5) is 0. The molecular weight excluding hydrogens is 131 g/mol. The highest BCUT2D eigenvalue weighted by Crippen LogP contribution is 1.96. The van der Waals surface area contributed by atoms with Crippen LogP contribution in [0, 0.1) is 0 Å². The summed E-state index contributed by atoms with van der Waals surface area (Å²) in [6.45, 7) is 4.71. The van der Waals surface area contributed by atoms with Gasteiger partial charge in [-0.3, -0.25) is 0 Å². The maximum absolute atomic E-state index is 3.28. The normalized spacial score (nSPS) is 16.1. The molecule has 1 heterocycles. The van der Waals surface area contributed by atoms with E-state index in [2.05, 4.69) is 20.0 Å². The van der Waals surface area contributed by atoms with Gasteiger partial charge in [0.05, 0.1) is 22.0 Å². The van der Waals surface area contributed by atoms with E-state index in [1.165, 1.54) is 52.9 Å². The predicted octanol–water partition coefficient (Wildman–Crippen LogP) is -0.479. The second kappa shape index (κ2) is 10.2. The van der Waals surface area contributed by atoms with Crippen molar-refractivity contribution < 1.29 is 0 Å². The topological polar surface area (TPSA) is 12.0 Å². The van der Waals surface area contributed by atoms with E-state index in [0.29, 0.717) is 0 Å². The van der Waals surface area contributed by atoms with Crippen LogP contribution in [0.2, 0.25) is 6.32 Å². The molecule has 1 rings (SSSR count). The van der Waals surface area contributed by atoms with Crippen LogP contribution in [0.15, 0.2) is 0 Å². The van der Waals surface area contributed by atoms with Crippen LogP contribution in [0.5, 0.6) is 0 Å². The maximum Gasteiger partial charge on any atom is 0.0776 e. The maximum atomic E-state index is 3.28. The zero-order valence-electron chi connectivity index (χ0n) is 8.16. The Bertz CT molecular complexity index is 53.2. The molecule has 0 unspecified atom stereocenters. The van der Waals surface area contributed by atoms with Crippen molar-refractivity contribution in [2.75, 3.05) is 13.1 Å². The Morgan fingerprint density at radius 1 is 1.27 bits per heavy atom. The molecule has 11 heavy (non-hydrogen) atoms. The lowest BCUT2D eigenvalue weighted by atomic mass is 9.27. The molecule has 0 aliphatic carbocycles. The average Bonchev–Trinajstić information content (AvgIpc) is 2.10. The van der Waals surface area contributed by atoms with E-state index >= 15 is 0 Å². The lowest BCUT2D eigenvalue weighted by Gasteiger charge is -2.08. The monoisotopic (exact) mass is 151 g/mol. The van der Waals surface area contributed by atoms with E-state index < -0.39 is 0 Å². The molecule has 1 fully saturated rings.